The van der Waals surface area contributed by atoms with Gasteiger partial charge in [-0.25, -0.2) is 5.43 Å². The predicted octanol–water partition coefficient (Wildman–Crippen LogP) is 4.99. The first-order valence-corrected chi connectivity index (χ1v) is 12.1. The molecular formula is C28H28ClN3O4. The van der Waals surface area contributed by atoms with Crippen LogP contribution < -0.4 is 19.8 Å². The van der Waals surface area contributed by atoms with Gasteiger partial charge in [0.1, 0.15) is 6.61 Å². The number of aryl methyl sites for hydroxylation is 1. The van der Waals surface area contributed by atoms with Crippen molar-refractivity contribution >= 4 is 35.3 Å². The number of rotatable bonds is 9. The van der Waals surface area contributed by atoms with E-state index in [1.807, 2.05) is 48.5 Å². The van der Waals surface area contributed by atoms with Crippen molar-refractivity contribution in [3.63, 3.8) is 0 Å². The standard InChI is InChI=1S/C28H28ClN3O4/c1-3-19-8-11-23(12-9-19)32-17-22(15-27(32)33)28(34)31-30-16-20-10-13-25(26(14-20)35-2)36-18-21-6-4-5-7-24(21)29/h4-14,16,22H,3,15,17-18H2,1-2H3,(H,31,34)/b30-16+/t22-/m1/s1. The van der Waals surface area contributed by atoms with E-state index in [0.29, 0.717) is 29.7 Å². The zero-order chi connectivity index (χ0) is 25.5. The maximum Gasteiger partial charge on any atom is 0.245 e. The van der Waals surface area contributed by atoms with Crippen LogP contribution in [0, 0.1) is 5.92 Å². The molecule has 1 atom stereocenters. The monoisotopic (exact) mass is 505 g/mol. The minimum absolute atomic E-state index is 0.0690. The van der Waals surface area contributed by atoms with E-state index in [9.17, 15) is 9.59 Å². The molecule has 3 aromatic carbocycles. The molecule has 0 saturated carbocycles. The van der Waals surface area contributed by atoms with Crippen molar-refractivity contribution in [3.05, 3.63) is 88.4 Å². The van der Waals surface area contributed by atoms with Gasteiger partial charge in [0, 0.05) is 29.2 Å². The third-order valence-electron chi connectivity index (χ3n) is 6.07. The van der Waals surface area contributed by atoms with E-state index in [2.05, 4.69) is 17.5 Å². The number of benzene rings is 3. The molecule has 4 rings (SSSR count). The summed E-state index contributed by atoms with van der Waals surface area (Å²) >= 11 is 6.19. The van der Waals surface area contributed by atoms with Crippen molar-refractivity contribution in [2.45, 2.75) is 26.4 Å². The summed E-state index contributed by atoms with van der Waals surface area (Å²) < 4.78 is 11.3. The van der Waals surface area contributed by atoms with E-state index in [0.717, 1.165) is 23.2 Å². The molecule has 7 nitrogen and oxygen atoms in total. The van der Waals surface area contributed by atoms with Gasteiger partial charge in [-0.15, -0.1) is 0 Å². The summed E-state index contributed by atoms with van der Waals surface area (Å²) in [5.74, 6) is 0.272. The molecule has 1 heterocycles. The van der Waals surface area contributed by atoms with Gasteiger partial charge >= 0.3 is 0 Å². The fraction of sp³-hybridized carbons (Fsp3) is 0.250. The molecule has 0 aromatic heterocycles. The molecule has 3 aromatic rings. The first-order valence-electron chi connectivity index (χ1n) is 11.7. The average Bonchev–Trinajstić information content (AvgIpc) is 3.30. The van der Waals surface area contributed by atoms with Crippen LogP contribution in [0.2, 0.25) is 5.02 Å². The lowest BCUT2D eigenvalue weighted by molar-refractivity contribution is -0.126. The highest BCUT2D eigenvalue weighted by molar-refractivity contribution is 6.31. The Hall–Kier alpha value is -3.84. The molecule has 186 valence electrons. The lowest BCUT2D eigenvalue weighted by Crippen LogP contribution is -2.30. The Bertz CT molecular complexity index is 1260. The SMILES string of the molecule is CCc1ccc(N2C[C@H](C(=O)N/N=C/c3ccc(OCc4ccccc4Cl)c(OC)c3)CC2=O)cc1. The molecule has 1 N–H and O–H groups in total. The first-order chi connectivity index (χ1) is 17.5. The van der Waals surface area contributed by atoms with Gasteiger partial charge in [-0.3, -0.25) is 9.59 Å². The van der Waals surface area contributed by atoms with Crippen LogP contribution in [0.1, 0.15) is 30.0 Å². The van der Waals surface area contributed by atoms with Crippen LogP contribution in [0.15, 0.2) is 71.8 Å². The van der Waals surface area contributed by atoms with Gasteiger partial charge in [0.25, 0.3) is 0 Å². The van der Waals surface area contributed by atoms with Gasteiger partial charge in [-0.05, 0) is 53.9 Å². The lowest BCUT2D eigenvalue weighted by Gasteiger charge is -2.16. The van der Waals surface area contributed by atoms with Gasteiger partial charge in [0.15, 0.2) is 11.5 Å². The van der Waals surface area contributed by atoms with Gasteiger partial charge in [0.2, 0.25) is 11.8 Å². The quantitative estimate of drug-likeness (QED) is 0.328. The van der Waals surface area contributed by atoms with Crippen LogP contribution in [0.25, 0.3) is 0 Å². The Morgan fingerprint density at radius 1 is 1.14 bits per heavy atom. The summed E-state index contributed by atoms with van der Waals surface area (Å²) in [7, 11) is 1.55. The Balaban J connectivity index is 1.33. The van der Waals surface area contributed by atoms with Crippen LogP contribution in [-0.4, -0.2) is 31.7 Å². The number of nitrogens with zero attached hydrogens (tertiary/aromatic N) is 2. The zero-order valence-corrected chi connectivity index (χ0v) is 21.0. The van der Waals surface area contributed by atoms with Crippen molar-refractivity contribution in [2.24, 2.45) is 11.0 Å². The number of carbonyl (C=O) groups excluding carboxylic acids is 2. The Morgan fingerprint density at radius 2 is 1.92 bits per heavy atom. The molecule has 1 fully saturated rings. The molecule has 2 amide bonds. The molecule has 8 heteroatoms. The number of anilines is 1. The molecule has 0 aliphatic carbocycles. The van der Waals surface area contributed by atoms with Crippen LogP contribution in [0.4, 0.5) is 5.69 Å². The summed E-state index contributed by atoms with van der Waals surface area (Å²) in [6.07, 6.45) is 2.61. The fourth-order valence-corrected chi connectivity index (χ4v) is 4.15. The van der Waals surface area contributed by atoms with Crippen LogP contribution in [0.5, 0.6) is 11.5 Å². The Kier molecular flexibility index (Phi) is 8.23. The fourth-order valence-electron chi connectivity index (χ4n) is 3.96. The lowest BCUT2D eigenvalue weighted by atomic mass is 10.1. The predicted molar refractivity (Wildman–Crippen MR) is 141 cm³/mol. The van der Waals surface area contributed by atoms with Gasteiger partial charge in [-0.2, -0.15) is 5.10 Å². The average molecular weight is 506 g/mol. The zero-order valence-electron chi connectivity index (χ0n) is 20.2. The molecule has 1 aliphatic rings. The van der Waals surface area contributed by atoms with Crippen LogP contribution in [-0.2, 0) is 22.6 Å². The maximum atomic E-state index is 12.6. The summed E-state index contributed by atoms with van der Waals surface area (Å²) in [6.45, 7) is 2.72. The minimum atomic E-state index is -0.462. The van der Waals surface area contributed by atoms with Crippen LogP contribution in [0.3, 0.4) is 0 Å². The van der Waals surface area contributed by atoms with E-state index in [4.69, 9.17) is 21.1 Å². The van der Waals surface area contributed by atoms with Crippen molar-refractivity contribution in [1.29, 1.82) is 0 Å². The summed E-state index contributed by atoms with van der Waals surface area (Å²) in [5, 5.41) is 4.71. The van der Waals surface area contributed by atoms with Gasteiger partial charge in [-0.1, -0.05) is 48.9 Å². The Labute approximate surface area is 215 Å². The molecular weight excluding hydrogens is 478 g/mol. The largest absolute Gasteiger partial charge is 0.493 e. The Morgan fingerprint density at radius 3 is 2.64 bits per heavy atom. The highest BCUT2D eigenvalue weighted by Crippen LogP contribution is 2.29. The van der Waals surface area contributed by atoms with E-state index in [1.54, 1.807) is 30.2 Å². The van der Waals surface area contributed by atoms with Gasteiger partial charge < -0.3 is 14.4 Å². The third kappa shape index (κ3) is 6.04. The number of hydrazone groups is 1. The van der Waals surface area contributed by atoms with E-state index < -0.39 is 5.92 Å². The molecule has 0 spiro atoms. The number of halogens is 1. The second kappa shape index (κ2) is 11.7. The van der Waals surface area contributed by atoms with Crippen molar-refractivity contribution in [1.82, 2.24) is 5.43 Å². The number of hydrogen-bond donors (Lipinski definition) is 1. The summed E-state index contributed by atoms with van der Waals surface area (Å²) in [6, 6.07) is 20.7. The molecule has 1 saturated heterocycles. The van der Waals surface area contributed by atoms with E-state index in [1.165, 1.54) is 11.8 Å². The van der Waals surface area contributed by atoms with Crippen molar-refractivity contribution in [2.75, 3.05) is 18.6 Å². The number of hydrogen-bond acceptors (Lipinski definition) is 5. The molecule has 0 bridgehead atoms. The second-order valence-electron chi connectivity index (χ2n) is 8.45. The van der Waals surface area contributed by atoms with Gasteiger partial charge in [0.05, 0.1) is 19.2 Å². The topological polar surface area (TPSA) is 80.2 Å². The number of methoxy groups -OCH3 is 1. The van der Waals surface area contributed by atoms with E-state index in [-0.39, 0.29) is 18.2 Å². The van der Waals surface area contributed by atoms with Crippen LogP contribution >= 0.6 is 11.6 Å². The van der Waals surface area contributed by atoms with Crippen molar-refractivity contribution < 1.29 is 19.1 Å². The number of nitrogens with one attached hydrogen (secondary N) is 1. The van der Waals surface area contributed by atoms with Crippen molar-refractivity contribution in [3.8, 4) is 11.5 Å². The number of ether oxygens (including phenoxy) is 2. The number of amides is 2. The maximum absolute atomic E-state index is 12.6. The summed E-state index contributed by atoms with van der Waals surface area (Å²) in [5.41, 5.74) is 6.15. The third-order valence-corrected chi connectivity index (χ3v) is 6.44. The normalized spacial score (nSPS) is 15.4. The summed E-state index contributed by atoms with van der Waals surface area (Å²) in [4.78, 5) is 26.8. The highest BCUT2D eigenvalue weighted by Gasteiger charge is 2.35. The van der Waals surface area contributed by atoms with E-state index >= 15 is 0 Å². The molecule has 0 unspecified atom stereocenters. The molecule has 36 heavy (non-hydrogen) atoms. The highest BCUT2D eigenvalue weighted by atomic mass is 35.5. The smallest absolute Gasteiger partial charge is 0.245 e. The molecule has 1 aliphatic heterocycles. The first kappa shape index (κ1) is 25.3. The minimum Gasteiger partial charge on any atom is -0.493 e. The second-order valence-corrected chi connectivity index (χ2v) is 8.86. The number of carbonyl (C=O) groups is 2. The molecule has 0 radical (unpaired) electrons.